The summed E-state index contributed by atoms with van der Waals surface area (Å²) in [6.07, 6.45) is -0.220. The highest BCUT2D eigenvalue weighted by Gasteiger charge is 2.31. The number of carbonyl (C=O) groups excluding carboxylic acids is 2. The zero-order valence-electron chi connectivity index (χ0n) is 14.2. The molecule has 146 valence electrons. The van der Waals surface area contributed by atoms with Gasteiger partial charge in [0.15, 0.2) is 0 Å². The van der Waals surface area contributed by atoms with Gasteiger partial charge in [-0.05, 0) is 31.0 Å². The van der Waals surface area contributed by atoms with E-state index in [1.54, 1.807) is 19.1 Å². The summed E-state index contributed by atoms with van der Waals surface area (Å²) in [7, 11) is 0. The van der Waals surface area contributed by atoms with E-state index in [0.717, 1.165) is 5.56 Å². The summed E-state index contributed by atoms with van der Waals surface area (Å²) in [4.78, 5) is 26.2. The summed E-state index contributed by atoms with van der Waals surface area (Å²) in [5, 5.41) is 1.23. The van der Waals surface area contributed by atoms with Gasteiger partial charge in [0.25, 0.3) is 0 Å². The Kier molecular flexibility index (Phi) is 6.01. The molecule has 0 bridgehead atoms. The van der Waals surface area contributed by atoms with Crippen LogP contribution < -0.4 is 0 Å². The first-order chi connectivity index (χ1) is 12.7. The van der Waals surface area contributed by atoms with Crippen LogP contribution in [0.4, 0.5) is 4.79 Å². The highest BCUT2D eigenvalue weighted by Crippen LogP contribution is 2.37. The van der Waals surface area contributed by atoms with Crippen LogP contribution in [0.2, 0.25) is 5.02 Å². The topological polar surface area (TPSA) is 69.0 Å². The van der Waals surface area contributed by atoms with Crippen LogP contribution in [0.5, 0.6) is 0 Å². The fourth-order valence-corrected chi connectivity index (χ4v) is 3.38. The first kappa shape index (κ1) is 20.4. The molecule has 0 spiro atoms. The number of nitrogens with zero attached hydrogens (tertiary/aromatic N) is 1. The lowest BCUT2D eigenvalue weighted by Crippen LogP contribution is -2.34. The molecule has 1 aliphatic rings. The summed E-state index contributed by atoms with van der Waals surface area (Å²) in [5.74, 6) is -0.571. The van der Waals surface area contributed by atoms with E-state index in [-0.39, 0.29) is 18.9 Å². The van der Waals surface area contributed by atoms with Crippen LogP contribution in [0.1, 0.15) is 28.6 Å². The lowest BCUT2D eigenvalue weighted by atomic mass is 10.0. The Morgan fingerprint density at radius 2 is 1.96 bits per heavy atom. The summed E-state index contributed by atoms with van der Waals surface area (Å²) < 4.78 is 14.1. The lowest BCUT2D eigenvalue weighted by Gasteiger charge is -2.21. The van der Waals surface area contributed by atoms with E-state index in [4.69, 9.17) is 60.3 Å². The number of hydrogen-bond acceptors (Lipinski definition) is 5. The van der Waals surface area contributed by atoms with Crippen molar-refractivity contribution in [3.8, 4) is 0 Å². The Hall–Kier alpha value is -1.34. The van der Waals surface area contributed by atoms with E-state index in [0.29, 0.717) is 34.5 Å². The Bertz CT molecular complexity index is 890. The fourth-order valence-electron chi connectivity index (χ4n) is 2.97. The van der Waals surface area contributed by atoms with E-state index in [1.165, 1.54) is 4.90 Å². The Labute approximate surface area is 175 Å². The molecule has 0 fully saturated rings. The van der Waals surface area contributed by atoms with E-state index < -0.39 is 22.5 Å². The second-order valence-corrected chi connectivity index (χ2v) is 8.79. The zero-order chi connectivity index (χ0) is 19.8. The van der Waals surface area contributed by atoms with Gasteiger partial charge < -0.3 is 18.8 Å². The third-order valence-corrected chi connectivity index (χ3v) is 4.75. The fraction of sp³-hybridized carbons (Fsp3) is 0.412. The zero-order valence-corrected chi connectivity index (χ0v) is 17.2. The molecule has 0 saturated carbocycles. The number of rotatable bonds is 3. The van der Waals surface area contributed by atoms with Crippen LogP contribution in [-0.2, 0) is 22.4 Å². The van der Waals surface area contributed by atoms with Crippen molar-refractivity contribution in [2.45, 2.75) is 23.7 Å². The van der Waals surface area contributed by atoms with Crippen molar-refractivity contribution in [2.24, 2.45) is 0 Å². The number of halogens is 4. The van der Waals surface area contributed by atoms with Crippen molar-refractivity contribution >= 4 is 69.4 Å². The van der Waals surface area contributed by atoms with Gasteiger partial charge in [0, 0.05) is 22.5 Å². The first-order valence-electron chi connectivity index (χ1n) is 8.09. The molecule has 1 amide bonds. The van der Waals surface area contributed by atoms with Crippen molar-refractivity contribution in [3.05, 3.63) is 34.0 Å². The molecule has 27 heavy (non-hydrogen) atoms. The van der Waals surface area contributed by atoms with Crippen LogP contribution in [-0.4, -0.2) is 40.5 Å². The van der Waals surface area contributed by atoms with Gasteiger partial charge in [0.2, 0.25) is 9.55 Å². The van der Waals surface area contributed by atoms with E-state index >= 15 is 0 Å². The van der Waals surface area contributed by atoms with Gasteiger partial charge in [0.1, 0.15) is 12.2 Å². The lowest BCUT2D eigenvalue weighted by molar-refractivity contribution is 0.0487. The molecule has 0 radical (unpaired) electrons. The Morgan fingerprint density at radius 1 is 1.22 bits per heavy atom. The van der Waals surface area contributed by atoms with Gasteiger partial charge >= 0.3 is 12.1 Å². The molecule has 6 nitrogen and oxygen atoms in total. The minimum atomic E-state index is -1.72. The number of hydrogen-bond donors (Lipinski definition) is 0. The normalized spacial score (nSPS) is 14.2. The molecule has 0 atom stereocenters. The van der Waals surface area contributed by atoms with Gasteiger partial charge in [-0.2, -0.15) is 0 Å². The molecular formula is C17H15Cl4NO5. The molecule has 0 saturated heterocycles. The number of furan rings is 1. The smallest absolute Gasteiger partial charge is 0.410 e. The van der Waals surface area contributed by atoms with Crippen molar-refractivity contribution in [3.63, 3.8) is 0 Å². The quantitative estimate of drug-likeness (QED) is 0.475. The minimum Gasteiger partial charge on any atom is -0.460 e. The average Bonchev–Trinajstić information content (AvgIpc) is 2.83. The predicted molar refractivity (Wildman–Crippen MR) is 103 cm³/mol. The van der Waals surface area contributed by atoms with Crippen molar-refractivity contribution in [2.75, 3.05) is 19.8 Å². The van der Waals surface area contributed by atoms with Crippen LogP contribution >= 0.6 is 46.4 Å². The number of benzene rings is 1. The molecule has 1 aromatic carbocycles. The molecule has 2 aromatic rings. The van der Waals surface area contributed by atoms with Crippen molar-refractivity contribution in [1.82, 2.24) is 4.90 Å². The monoisotopic (exact) mass is 453 g/mol. The average molecular weight is 455 g/mol. The van der Waals surface area contributed by atoms with E-state index in [9.17, 15) is 9.59 Å². The second kappa shape index (κ2) is 7.95. The third kappa shape index (κ3) is 4.40. The maximum Gasteiger partial charge on any atom is 0.410 e. The van der Waals surface area contributed by atoms with E-state index in [2.05, 4.69) is 0 Å². The maximum atomic E-state index is 12.4. The van der Waals surface area contributed by atoms with Crippen LogP contribution in [0.25, 0.3) is 11.0 Å². The Balaban J connectivity index is 1.98. The summed E-state index contributed by atoms with van der Waals surface area (Å²) in [6.45, 7) is 1.88. The molecule has 1 aliphatic heterocycles. The molecule has 0 N–H and O–H groups in total. The standard InChI is InChI=1S/C17H15Cl4NO5/c1-2-25-15(23)14-10-7-22(16(24)26-8-17(19,20)21)6-5-9-11(18)3-4-12(27-14)13(9)10/h3-4H,2,5-8H2,1H3. The van der Waals surface area contributed by atoms with E-state index in [1.807, 2.05) is 0 Å². The Morgan fingerprint density at radius 3 is 2.63 bits per heavy atom. The van der Waals surface area contributed by atoms with Crippen LogP contribution in [0.15, 0.2) is 16.5 Å². The number of amides is 1. The highest BCUT2D eigenvalue weighted by molar-refractivity contribution is 6.67. The molecule has 10 heteroatoms. The van der Waals surface area contributed by atoms with Crippen molar-refractivity contribution in [1.29, 1.82) is 0 Å². The number of ether oxygens (including phenoxy) is 2. The van der Waals surface area contributed by atoms with Gasteiger partial charge in [-0.25, -0.2) is 9.59 Å². The SMILES string of the molecule is CCOC(=O)c1oc2ccc(Cl)c3c2c1CN(C(=O)OCC(Cl)(Cl)Cl)CC3. The molecule has 2 heterocycles. The van der Waals surface area contributed by atoms with Gasteiger partial charge in [0.05, 0.1) is 13.2 Å². The molecule has 0 unspecified atom stereocenters. The third-order valence-electron chi connectivity index (χ3n) is 4.06. The molecular weight excluding hydrogens is 440 g/mol. The van der Waals surface area contributed by atoms with Crippen LogP contribution in [0.3, 0.4) is 0 Å². The summed E-state index contributed by atoms with van der Waals surface area (Å²) in [5.41, 5.74) is 1.81. The number of carbonyl (C=O) groups is 2. The first-order valence-corrected chi connectivity index (χ1v) is 9.60. The highest BCUT2D eigenvalue weighted by atomic mass is 35.6. The predicted octanol–water partition coefficient (Wildman–Crippen LogP) is 5.13. The number of esters is 1. The molecule has 1 aromatic heterocycles. The van der Waals surface area contributed by atoms with Gasteiger partial charge in [-0.1, -0.05) is 46.4 Å². The van der Waals surface area contributed by atoms with Crippen LogP contribution in [0, 0.1) is 0 Å². The van der Waals surface area contributed by atoms with Gasteiger partial charge in [-0.15, -0.1) is 0 Å². The maximum absolute atomic E-state index is 12.4. The second-order valence-electron chi connectivity index (χ2n) is 5.87. The molecule has 3 rings (SSSR count). The molecule has 0 aliphatic carbocycles. The summed E-state index contributed by atoms with van der Waals surface area (Å²) in [6, 6.07) is 3.38. The summed E-state index contributed by atoms with van der Waals surface area (Å²) >= 11 is 23.2. The van der Waals surface area contributed by atoms with Crippen molar-refractivity contribution < 1.29 is 23.5 Å². The minimum absolute atomic E-state index is 0.0384. The van der Waals surface area contributed by atoms with Gasteiger partial charge in [-0.3, -0.25) is 0 Å². The number of alkyl halides is 3. The largest absolute Gasteiger partial charge is 0.460 e.